The minimum atomic E-state index is -3.61. The molecule has 7 heteroatoms. The zero-order valence-corrected chi connectivity index (χ0v) is 7.02. The number of hydrogen-bond donors (Lipinski definition) is 2. The van der Waals surface area contributed by atoms with Gasteiger partial charge in [-0.2, -0.15) is 0 Å². The van der Waals surface area contributed by atoms with Gasteiger partial charge in [-0.3, -0.25) is 4.79 Å². The van der Waals surface area contributed by atoms with E-state index in [4.69, 9.17) is 10.6 Å². The highest BCUT2D eigenvalue weighted by atomic mass is 32.7. The molecule has 10 heavy (non-hydrogen) atoms. The third kappa shape index (κ3) is 4.81. The zero-order valence-electron chi connectivity index (χ0n) is 5.31. The summed E-state index contributed by atoms with van der Waals surface area (Å²) < 4.78 is 14.7. The summed E-state index contributed by atoms with van der Waals surface area (Å²) >= 11 is 0.501. The first-order valence-corrected chi connectivity index (χ1v) is 5.46. The third-order valence-corrected chi connectivity index (χ3v) is 3.62. The van der Waals surface area contributed by atoms with Gasteiger partial charge in [0, 0.05) is 7.11 Å². The second-order valence-electron chi connectivity index (χ2n) is 1.39. The molecule has 60 valence electrons. The van der Waals surface area contributed by atoms with Crippen LogP contribution in [0.3, 0.4) is 0 Å². The molecule has 0 aromatic heterocycles. The normalized spacial score (nSPS) is 16.2. The molecule has 1 atom stereocenters. The highest BCUT2D eigenvalue weighted by Gasteiger charge is 2.18. The smallest absolute Gasteiger partial charge is 0.369 e. The van der Waals surface area contributed by atoms with Crippen LogP contribution in [0.15, 0.2) is 0 Å². The first-order chi connectivity index (χ1) is 4.48. The Kier molecular flexibility index (Phi) is 3.96. The van der Waals surface area contributed by atoms with E-state index in [2.05, 4.69) is 4.52 Å². The van der Waals surface area contributed by atoms with E-state index in [0.717, 1.165) is 7.11 Å². The minimum absolute atomic E-state index is 0.207. The molecule has 0 aliphatic carbocycles. The Morgan fingerprint density at radius 3 is 2.70 bits per heavy atom. The highest BCUT2D eigenvalue weighted by molar-refractivity contribution is 8.55. The fourth-order valence-corrected chi connectivity index (χ4v) is 1.78. The largest absolute Gasteiger partial charge is 0.386 e. The Bertz CT molecular complexity index is 172. The molecule has 0 fully saturated rings. The predicted octanol–water partition coefficient (Wildman–Crippen LogP) is -0.0483. The second-order valence-corrected chi connectivity index (χ2v) is 5.40. The molecule has 0 rings (SSSR count). The van der Waals surface area contributed by atoms with Gasteiger partial charge in [-0.1, -0.05) is 0 Å². The Labute approximate surface area is 62.2 Å². The van der Waals surface area contributed by atoms with Gasteiger partial charge in [0.05, 0.1) is 5.75 Å². The lowest BCUT2D eigenvalue weighted by atomic mass is 10.8. The predicted molar refractivity (Wildman–Crippen MR) is 38.5 cm³/mol. The van der Waals surface area contributed by atoms with Crippen molar-refractivity contribution in [3.8, 4) is 0 Å². The summed E-state index contributed by atoms with van der Waals surface area (Å²) in [5.74, 6) is -0.849. The topological polar surface area (TPSA) is 89.6 Å². The van der Waals surface area contributed by atoms with E-state index >= 15 is 0 Å². The van der Waals surface area contributed by atoms with E-state index in [9.17, 15) is 9.36 Å². The fraction of sp³-hybridized carbons (Fsp3) is 0.667. The van der Waals surface area contributed by atoms with Crippen molar-refractivity contribution in [3.63, 3.8) is 0 Å². The number of carbonyl (C=O) groups excluding carboxylic acids is 1. The molecule has 5 nitrogen and oxygen atoms in total. The summed E-state index contributed by atoms with van der Waals surface area (Å²) in [6.07, 6.45) is 0. The Morgan fingerprint density at radius 2 is 2.40 bits per heavy atom. The summed E-state index contributed by atoms with van der Waals surface area (Å²) in [4.78, 5) is 18.7. The number of amides is 1. The standard InChI is InChI=1S/C3H8NO4PS/c1-8-9(6,7)10-2-3(4)5/h2H2,1H3,(H2,4,5)(H,6,7). The summed E-state index contributed by atoms with van der Waals surface area (Å²) in [6.45, 7) is -3.61. The second kappa shape index (κ2) is 3.98. The SMILES string of the molecule is COP(=O)(O)SCC(N)=O. The van der Waals surface area contributed by atoms with Crippen LogP contribution in [-0.4, -0.2) is 23.7 Å². The molecule has 0 saturated carbocycles. The van der Waals surface area contributed by atoms with E-state index < -0.39 is 12.7 Å². The average molecular weight is 185 g/mol. The van der Waals surface area contributed by atoms with Gasteiger partial charge in [0.1, 0.15) is 0 Å². The Balaban J connectivity index is 3.68. The number of hydrogen-bond acceptors (Lipinski definition) is 4. The zero-order chi connectivity index (χ0) is 8.20. The summed E-state index contributed by atoms with van der Waals surface area (Å²) in [5.41, 5.74) is 4.71. The van der Waals surface area contributed by atoms with Gasteiger partial charge in [0.25, 0.3) is 0 Å². The maximum absolute atomic E-state index is 10.6. The van der Waals surface area contributed by atoms with Gasteiger partial charge < -0.3 is 15.2 Å². The molecule has 0 bridgehead atoms. The quantitative estimate of drug-likeness (QED) is 0.599. The van der Waals surface area contributed by atoms with Crippen molar-refractivity contribution < 1.29 is 18.8 Å². The average Bonchev–Trinajstić information content (AvgIpc) is 1.85. The molecule has 1 amide bonds. The van der Waals surface area contributed by atoms with E-state index in [1.54, 1.807) is 0 Å². The van der Waals surface area contributed by atoms with Gasteiger partial charge in [-0.05, 0) is 11.4 Å². The van der Waals surface area contributed by atoms with Gasteiger partial charge in [-0.25, -0.2) is 4.57 Å². The first-order valence-electron chi connectivity index (χ1n) is 2.29. The van der Waals surface area contributed by atoms with Crippen LogP contribution < -0.4 is 5.73 Å². The lowest BCUT2D eigenvalue weighted by molar-refractivity contribution is -0.115. The Morgan fingerprint density at radius 1 is 1.90 bits per heavy atom. The number of nitrogens with two attached hydrogens (primary N) is 1. The maximum atomic E-state index is 10.6. The van der Waals surface area contributed by atoms with Crippen LogP contribution >= 0.6 is 18.2 Å². The third-order valence-electron chi connectivity index (χ3n) is 0.601. The monoisotopic (exact) mass is 185 g/mol. The molecule has 3 N–H and O–H groups in total. The van der Waals surface area contributed by atoms with Crippen molar-refractivity contribution in [2.24, 2.45) is 5.73 Å². The molecule has 0 aliphatic heterocycles. The molecular weight excluding hydrogens is 177 g/mol. The van der Waals surface area contributed by atoms with E-state index in [1.807, 2.05) is 0 Å². The van der Waals surface area contributed by atoms with E-state index in [-0.39, 0.29) is 5.75 Å². The number of rotatable bonds is 4. The molecule has 0 saturated heterocycles. The van der Waals surface area contributed by atoms with E-state index in [0.29, 0.717) is 11.4 Å². The summed E-state index contributed by atoms with van der Waals surface area (Å²) in [6, 6.07) is 0. The maximum Gasteiger partial charge on any atom is 0.386 e. The van der Waals surface area contributed by atoms with Crippen LogP contribution in [0.1, 0.15) is 0 Å². The van der Waals surface area contributed by atoms with Crippen LogP contribution in [0.5, 0.6) is 0 Å². The van der Waals surface area contributed by atoms with Crippen LogP contribution in [0, 0.1) is 0 Å². The minimum Gasteiger partial charge on any atom is -0.369 e. The lowest BCUT2D eigenvalue weighted by Gasteiger charge is -2.04. The van der Waals surface area contributed by atoms with Crippen LogP contribution in [0.2, 0.25) is 0 Å². The van der Waals surface area contributed by atoms with Crippen molar-refractivity contribution in [2.45, 2.75) is 0 Å². The molecule has 0 aromatic carbocycles. The van der Waals surface area contributed by atoms with Gasteiger partial charge in [0.15, 0.2) is 0 Å². The van der Waals surface area contributed by atoms with Gasteiger partial charge in [0.2, 0.25) is 5.91 Å². The fourth-order valence-electron chi connectivity index (χ4n) is 0.198. The van der Waals surface area contributed by atoms with Crippen LogP contribution in [0.4, 0.5) is 0 Å². The summed E-state index contributed by atoms with van der Waals surface area (Å²) in [7, 11) is 1.09. The molecule has 0 spiro atoms. The first kappa shape index (κ1) is 9.97. The van der Waals surface area contributed by atoms with E-state index in [1.165, 1.54) is 0 Å². The summed E-state index contributed by atoms with van der Waals surface area (Å²) in [5, 5.41) is 0. The molecule has 0 aliphatic rings. The molecule has 0 heterocycles. The van der Waals surface area contributed by atoms with Crippen LogP contribution in [0.25, 0.3) is 0 Å². The van der Waals surface area contributed by atoms with Crippen molar-refractivity contribution >= 4 is 24.1 Å². The van der Waals surface area contributed by atoms with Crippen molar-refractivity contribution in [1.82, 2.24) is 0 Å². The molecule has 0 radical (unpaired) electrons. The molecular formula is C3H8NO4PS. The molecule has 0 aromatic rings. The van der Waals surface area contributed by atoms with Crippen molar-refractivity contribution in [2.75, 3.05) is 12.9 Å². The number of carbonyl (C=O) groups is 1. The van der Waals surface area contributed by atoms with Crippen LogP contribution in [-0.2, 0) is 13.9 Å². The molecule has 1 unspecified atom stereocenters. The van der Waals surface area contributed by atoms with Crippen molar-refractivity contribution in [3.05, 3.63) is 0 Å². The van der Waals surface area contributed by atoms with Crippen molar-refractivity contribution in [1.29, 1.82) is 0 Å². The highest BCUT2D eigenvalue weighted by Crippen LogP contribution is 2.54. The number of primary amides is 1. The Hall–Kier alpha value is -0.0300. The lowest BCUT2D eigenvalue weighted by Crippen LogP contribution is -2.12. The van der Waals surface area contributed by atoms with Gasteiger partial charge in [-0.15, -0.1) is 0 Å². The van der Waals surface area contributed by atoms with Gasteiger partial charge >= 0.3 is 6.80 Å².